The summed E-state index contributed by atoms with van der Waals surface area (Å²) in [5, 5.41) is 4.07. The fourth-order valence-electron chi connectivity index (χ4n) is 3.09. The molecule has 0 radical (unpaired) electrons. The van der Waals surface area contributed by atoms with Crippen LogP contribution in [0.3, 0.4) is 0 Å². The van der Waals surface area contributed by atoms with Gasteiger partial charge < -0.3 is 14.5 Å². The molecule has 0 aliphatic heterocycles. The lowest BCUT2D eigenvalue weighted by Gasteiger charge is -2.20. The zero-order chi connectivity index (χ0) is 19.4. The van der Waals surface area contributed by atoms with Gasteiger partial charge in [-0.15, -0.1) is 0 Å². The Bertz CT molecular complexity index is 955. The van der Waals surface area contributed by atoms with Crippen LogP contribution in [0, 0.1) is 0 Å². The van der Waals surface area contributed by atoms with Gasteiger partial charge in [-0.2, -0.15) is 0 Å². The van der Waals surface area contributed by atoms with Crippen LogP contribution in [-0.2, 0) is 5.41 Å². The Balaban J connectivity index is 1.92. The summed E-state index contributed by atoms with van der Waals surface area (Å²) >= 11 is 0. The van der Waals surface area contributed by atoms with E-state index in [1.807, 2.05) is 64.2 Å². The maximum atomic E-state index is 12.4. The first kappa shape index (κ1) is 19.2. The van der Waals surface area contributed by atoms with Crippen molar-refractivity contribution in [3.05, 3.63) is 76.1 Å². The van der Waals surface area contributed by atoms with Crippen LogP contribution in [0.5, 0.6) is 5.75 Å². The zero-order valence-electron chi connectivity index (χ0n) is 16.4. The minimum Gasteiger partial charge on any atom is -0.486 e. The van der Waals surface area contributed by atoms with Gasteiger partial charge in [0.2, 0.25) is 0 Å². The van der Waals surface area contributed by atoms with E-state index in [1.54, 1.807) is 6.07 Å². The van der Waals surface area contributed by atoms with Gasteiger partial charge in [0.1, 0.15) is 17.4 Å². The molecule has 3 rings (SSSR count). The van der Waals surface area contributed by atoms with Crippen molar-refractivity contribution in [2.75, 3.05) is 13.6 Å². The minimum absolute atomic E-state index is 0.0725. The molecule has 1 unspecified atom stereocenters. The molecule has 4 nitrogen and oxygen atoms in total. The quantitative estimate of drug-likeness (QED) is 0.636. The van der Waals surface area contributed by atoms with Crippen molar-refractivity contribution in [1.29, 1.82) is 0 Å². The molecule has 0 aliphatic carbocycles. The number of hydrogen-bond acceptors (Lipinski definition) is 4. The predicted octanol–water partition coefficient (Wildman–Crippen LogP) is 4.82. The monoisotopic (exact) mass is 365 g/mol. The topological polar surface area (TPSA) is 51.5 Å². The molecule has 1 heterocycles. The standard InChI is InChI=1S/C23H27NO3/c1-23(2,3)19-14-17-10-11-18(15-21(17)27-22(19)25)26-20(12-13-24-4)16-8-6-5-7-9-16/h5-11,14-15,20,24H,12-13H2,1-4H3. The van der Waals surface area contributed by atoms with Gasteiger partial charge in [0.05, 0.1) is 0 Å². The normalized spacial score (nSPS) is 12.9. The molecule has 0 fully saturated rings. The van der Waals surface area contributed by atoms with Gasteiger partial charge >= 0.3 is 5.63 Å². The summed E-state index contributed by atoms with van der Waals surface area (Å²) in [4.78, 5) is 12.4. The third kappa shape index (κ3) is 4.58. The van der Waals surface area contributed by atoms with E-state index in [0.29, 0.717) is 16.9 Å². The molecule has 1 atom stereocenters. The fraction of sp³-hybridized carbons (Fsp3) is 0.348. The third-order valence-corrected chi connectivity index (χ3v) is 4.62. The van der Waals surface area contributed by atoms with E-state index in [-0.39, 0.29) is 17.1 Å². The van der Waals surface area contributed by atoms with Gasteiger partial charge in [-0.25, -0.2) is 4.79 Å². The van der Waals surface area contributed by atoms with Gasteiger partial charge in [-0.1, -0.05) is 51.1 Å². The number of fused-ring (bicyclic) bond motifs is 1. The highest BCUT2D eigenvalue weighted by atomic mass is 16.5. The van der Waals surface area contributed by atoms with Gasteiger partial charge in [0.15, 0.2) is 0 Å². The van der Waals surface area contributed by atoms with Crippen molar-refractivity contribution in [3.63, 3.8) is 0 Å². The number of hydrogen-bond donors (Lipinski definition) is 1. The third-order valence-electron chi connectivity index (χ3n) is 4.62. The number of benzene rings is 2. The largest absolute Gasteiger partial charge is 0.486 e. The van der Waals surface area contributed by atoms with Crippen molar-refractivity contribution in [2.45, 2.75) is 38.7 Å². The molecule has 2 aromatic carbocycles. The molecule has 0 spiro atoms. The van der Waals surface area contributed by atoms with Crippen LogP contribution in [0.15, 0.2) is 63.8 Å². The summed E-state index contributed by atoms with van der Waals surface area (Å²) in [6.45, 7) is 6.87. The number of rotatable bonds is 6. The van der Waals surface area contributed by atoms with Crippen LogP contribution in [0.4, 0.5) is 0 Å². The number of nitrogens with one attached hydrogen (secondary N) is 1. The summed E-state index contributed by atoms with van der Waals surface area (Å²) in [7, 11) is 1.93. The Kier molecular flexibility index (Phi) is 5.66. The van der Waals surface area contributed by atoms with E-state index in [9.17, 15) is 4.79 Å². The maximum Gasteiger partial charge on any atom is 0.339 e. The zero-order valence-corrected chi connectivity index (χ0v) is 16.4. The fourth-order valence-corrected chi connectivity index (χ4v) is 3.09. The number of ether oxygens (including phenoxy) is 1. The molecule has 0 amide bonds. The molecule has 1 N–H and O–H groups in total. The van der Waals surface area contributed by atoms with Crippen molar-refractivity contribution >= 4 is 11.0 Å². The summed E-state index contributed by atoms with van der Waals surface area (Å²) < 4.78 is 11.8. The molecule has 0 saturated carbocycles. The lowest BCUT2D eigenvalue weighted by molar-refractivity contribution is 0.195. The summed E-state index contributed by atoms with van der Waals surface area (Å²) in [5.74, 6) is 0.694. The lowest BCUT2D eigenvalue weighted by atomic mass is 9.88. The first-order valence-electron chi connectivity index (χ1n) is 9.33. The average Bonchev–Trinajstić information content (AvgIpc) is 2.64. The van der Waals surface area contributed by atoms with Crippen LogP contribution >= 0.6 is 0 Å². The summed E-state index contributed by atoms with van der Waals surface area (Å²) in [6.07, 6.45) is 0.766. The molecule has 0 bridgehead atoms. The molecule has 27 heavy (non-hydrogen) atoms. The molecular formula is C23H27NO3. The second-order valence-corrected chi connectivity index (χ2v) is 7.81. The predicted molar refractivity (Wildman–Crippen MR) is 110 cm³/mol. The van der Waals surface area contributed by atoms with Crippen LogP contribution in [-0.4, -0.2) is 13.6 Å². The maximum absolute atomic E-state index is 12.4. The summed E-state index contributed by atoms with van der Waals surface area (Å²) in [6, 6.07) is 17.8. The molecule has 3 aromatic rings. The van der Waals surface area contributed by atoms with E-state index >= 15 is 0 Å². The average molecular weight is 365 g/mol. The van der Waals surface area contributed by atoms with Gasteiger partial charge in [0.25, 0.3) is 0 Å². The van der Waals surface area contributed by atoms with Gasteiger partial charge in [-0.3, -0.25) is 0 Å². The first-order valence-corrected chi connectivity index (χ1v) is 9.33. The molecule has 1 aromatic heterocycles. The van der Waals surface area contributed by atoms with Gasteiger partial charge in [0, 0.05) is 23.4 Å². The van der Waals surface area contributed by atoms with Crippen molar-refractivity contribution < 1.29 is 9.15 Å². The van der Waals surface area contributed by atoms with E-state index in [2.05, 4.69) is 17.4 Å². The van der Waals surface area contributed by atoms with E-state index in [4.69, 9.17) is 9.15 Å². The highest BCUT2D eigenvalue weighted by molar-refractivity contribution is 5.78. The van der Waals surface area contributed by atoms with Crippen LogP contribution < -0.4 is 15.7 Å². The first-order chi connectivity index (χ1) is 12.9. The molecule has 0 aliphatic rings. The Morgan fingerprint density at radius 1 is 1.07 bits per heavy atom. The molecule has 4 heteroatoms. The van der Waals surface area contributed by atoms with E-state index < -0.39 is 0 Å². The van der Waals surface area contributed by atoms with Crippen molar-refractivity contribution in [3.8, 4) is 5.75 Å². The Hall–Kier alpha value is -2.59. The smallest absolute Gasteiger partial charge is 0.339 e. The second kappa shape index (κ2) is 7.97. The van der Waals surface area contributed by atoms with Crippen LogP contribution in [0.25, 0.3) is 11.0 Å². The molecular weight excluding hydrogens is 338 g/mol. The Morgan fingerprint density at radius 3 is 2.48 bits per heavy atom. The van der Waals surface area contributed by atoms with Crippen molar-refractivity contribution in [1.82, 2.24) is 5.32 Å². The van der Waals surface area contributed by atoms with Crippen LogP contribution in [0.1, 0.15) is 44.4 Å². The van der Waals surface area contributed by atoms with Gasteiger partial charge in [-0.05, 0) is 42.8 Å². The minimum atomic E-state index is -0.290. The van der Waals surface area contributed by atoms with Crippen LogP contribution in [0.2, 0.25) is 0 Å². The lowest BCUT2D eigenvalue weighted by Crippen LogP contribution is -2.21. The Labute approximate surface area is 160 Å². The SMILES string of the molecule is CNCCC(Oc1ccc2cc(C(C)(C)C)c(=O)oc2c1)c1ccccc1. The second-order valence-electron chi connectivity index (χ2n) is 7.81. The van der Waals surface area contributed by atoms with Crippen molar-refractivity contribution in [2.24, 2.45) is 0 Å². The molecule has 142 valence electrons. The highest BCUT2D eigenvalue weighted by Gasteiger charge is 2.20. The summed E-state index contributed by atoms with van der Waals surface area (Å²) in [5.41, 5.74) is 1.81. The Morgan fingerprint density at radius 2 is 1.81 bits per heavy atom. The highest BCUT2D eigenvalue weighted by Crippen LogP contribution is 2.29. The van der Waals surface area contributed by atoms with E-state index in [0.717, 1.165) is 23.9 Å². The molecule has 0 saturated heterocycles. The van der Waals surface area contributed by atoms with E-state index in [1.165, 1.54) is 0 Å².